The fraction of sp³-hybridized carbons (Fsp3) is 0.438. The molecule has 2 rings (SSSR count). The molecule has 0 atom stereocenters. The van der Waals surface area contributed by atoms with Crippen LogP contribution in [-0.4, -0.2) is 9.55 Å². The lowest BCUT2D eigenvalue weighted by atomic mass is 10.1. The van der Waals surface area contributed by atoms with Gasteiger partial charge in [0.05, 0.1) is 0 Å². The SMILES string of the molecule is CCc1nc(-c2ccc(C)c(Br)c2)c(N)n1CC(C)C. The van der Waals surface area contributed by atoms with Gasteiger partial charge in [0.1, 0.15) is 17.3 Å². The zero-order valence-corrected chi connectivity index (χ0v) is 14.2. The molecule has 2 N–H and O–H groups in total. The van der Waals surface area contributed by atoms with Gasteiger partial charge in [-0.05, 0) is 24.5 Å². The molecule has 4 heteroatoms. The van der Waals surface area contributed by atoms with Crippen LogP contribution in [0.15, 0.2) is 22.7 Å². The molecule has 0 aliphatic rings. The first-order chi connectivity index (χ1) is 9.43. The van der Waals surface area contributed by atoms with Crippen molar-refractivity contribution in [3.63, 3.8) is 0 Å². The highest BCUT2D eigenvalue weighted by Crippen LogP contribution is 2.30. The summed E-state index contributed by atoms with van der Waals surface area (Å²) in [5.74, 6) is 2.38. The normalized spacial score (nSPS) is 11.3. The van der Waals surface area contributed by atoms with Gasteiger partial charge in [-0.2, -0.15) is 0 Å². The molecule has 20 heavy (non-hydrogen) atoms. The van der Waals surface area contributed by atoms with Crippen molar-refractivity contribution in [3.8, 4) is 11.3 Å². The Morgan fingerprint density at radius 2 is 2.05 bits per heavy atom. The molecule has 1 heterocycles. The van der Waals surface area contributed by atoms with Crippen molar-refractivity contribution in [2.45, 2.75) is 40.7 Å². The highest BCUT2D eigenvalue weighted by molar-refractivity contribution is 9.10. The fourth-order valence-corrected chi connectivity index (χ4v) is 2.68. The molecule has 0 spiro atoms. The number of imidazole rings is 1. The third kappa shape index (κ3) is 2.90. The van der Waals surface area contributed by atoms with E-state index in [2.05, 4.69) is 66.4 Å². The molecule has 0 aliphatic heterocycles. The van der Waals surface area contributed by atoms with E-state index in [0.717, 1.165) is 40.3 Å². The highest BCUT2D eigenvalue weighted by Gasteiger charge is 2.16. The molecule has 0 bridgehead atoms. The maximum atomic E-state index is 6.33. The van der Waals surface area contributed by atoms with Crippen LogP contribution in [0.1, 0.15) is 32.2 Å². The lowest BCUT2D eigenvalue weighted by Gasteiger charge is -2.11. The molecule has 0 radical (unpaired) electrons. The summed E-state index contributed by atoms with van der Waals surface area (Å²) in [5, 5.41) is 0. The van der Waals surface area contributed by atoms with E-state index in [1.54, 1.807) is 0 Å². The molecule has 1 aromatic heterocycles. The molecule has 1 aromatic carbocycles. The quantitative estimate of drug-likeness (QED) is 0.898. The first-order valence-corrected chi connectivity index (χ1v) is 7.84. The van der Waals surface area contributed by atoms with Gasteiger partial charge in [0, 0.05) is 23.0 Å². The number of hydrogen-bond donors (Lipinski definition) is 1. The number of aryl methyl sites for hydroxylation is 2. The van der Waals surface area contributed by atoms with Crippen LogP contribution in [0.3, 0.4) is 0 Å². The second-order valence-corrected chi connectivity index (χ2v) is 6.44. The second-order valence-electron chi connectivity index (χ2n) is 5.58. The Morgan fingerprint density at radius 3 is 2.60 bits per heavy atom. The molecular weight excluding hydrogens is 314 g/mol. The summed E-state index contributed by atoms with van der Waals surface area (Å²) in [6.45, 7) is 9.50. The van der Waals surface area contributed by atoms with Gasteiger partial charge in [-0.3, -0.25) is 0 Å². The topological polar surface area (TPSA) is 43.8 Å². The Morgan fingerprint density at radius 1 is 1.35 bits per heavy atom. The third-order valence-corrected chi connectivity index (χ3v) is 4.25. The Labute approximate surface area is 129 Å². The van der Waals surface area contributed by atoms with Crippen molar-refractivity contribution in [2.24, 2.45) is 5.92 Å². The minimum atomic E-state index is 0.550. The second kappa shape index (κ2) is 6.00. The predicted octanol–water partition coefficient (Wildman–Crippen LogP) is 4.42. The van der Waals surface area contributed by atoms with Crippen LogP contribution >= 0.6 is 15.9 Å². The van der Waals surface area contributed by atoms with Gasteiger partial charge in [0.15, 0.2) is 0 Å². The van der Waals surface area contributed by atoms with Crippen molar-refractivity contribution in [2.75, 3.05) is 5.73 Å². The van der Waals surface area contributed by atoms with Gasteiger partial charge in [-0.1, -0.05) is 48.8 Å². The van der Waals surface area contributed by atoms with Crippen molar-refractivity contribution < 1.29 is 0 Å². The number of halogens is 1. The van der Waals surface area contributed by atoms with Crippen LogP contribution < -0.4 is 5.73 Å². The maximum Gasteiger partial charge on any atom is 0.131 e. The average Bonchev–Trinajstić information content (AvgIpc) is 2.70. The summed E-state index contributed by atoms with van der Waals surface area (Å²) >= 11 is 3.58. The van der Waals surface area contributed by atoms with Crippen molar-refractivity contribution in [1.82, 2.24) is 9.55 Å². The standard InChI is InChI=1S/C16H22BrN3/c1-5-14-19-15(16(18)20(14)9-10(2)3)12-7-6-11(4)13(17)8-12/h6-8,10H,5,9,18H2,1-4H3. The summed E-state index contributed by atoms with van der Waals surface area (Å²) in [5.41, 5.74) is 9.50. The molecule has 0 fully saturated rings. The maximum absolute atomic E-state index is 6.33. The average molecular weight is 336 g/mol. The van der Waals surface area contributed by atoms with Crippen molar-refractivity contribution in [1.29, 1.82) is 0 Å². The third-order valence-electron chi connectivity index (χ3n) is 3.40. The minimum absolute atomic E-state index is 0.550. The van der Waals surface area contributed by atoms with Gasteiger partial charge >= 0.3 is 0 Å². The number of aromatic nitrogens is 2. The van der Waals surface area contributed by atoms with Crippen LogP contribution in [0, 0.1) is 12.8 Å². The summed E-state index contributed by atoms with van der Waals surface area (Å²) in [6.07, 6.45) is 0.893. The zero-order chi connectivity index (χ0) is 14.9. The smallest absolute Gasteiger partial charge is 0.131 e. The minimum Gasteiger partial charge on any atom is -0.383 e. The summed E-state index contributed by atoms with van der Waals surface area (Å²) in [4.78, 5) is 4.74. The Balaban J connectivity index is 2.51. The number of benzene rings is 1. The van der Waals surface area contributed by atoms with Crippen LogP contribution in [-0.2, 0) is 13.0 Å². The molecular formula is C16H22BrN3. The molecule has 0 amide bonds. The van der Waals surface area contributed by atoms with Gasteiger partial charge in [-0.25, -0.2) is 4.98 Å². The van der Waals surface area contributed by atoms with E-state index in [-0.39, 0.29) is 0 Å². The van der Waals surface area contributed by atoms with Crippen molar-refractivity contribution in [3.05, 3.63) is 34.1 Å². The fourth-order valence-electron chi connectivity index (χ4n) is 2.30. The predicted molar refractivity (Wildman–Crippen MR) is 88.7 cm³/mol. The number of anilines is 1. The highest BCUT2D eigenvalue weighted by atomic mass is 79.9. The van der Waals surface area contributed by atoms with Gasteiger partial charge in [-0.15, -0.1) is 0 Å². The van der Waals surface area contributed by atoms with Crippen LogP contribution in [0.5, 0.6) is 0 Å². The van der Waals surface area contributed by atoms with E-state index in [4.69, 9.17) is 10.7 Å². The lowest BCUT2D eigenvalue weighted by molar-refractivity contribution is 0.513. The van der Waals surface area contributed by atoms with E-state index >= 15 is 0 Å². The van der Waals surface area contributed by atoms with Gasteiger partial charge in [0.25, 0.3) is 0 Å². The Kier molecular flexibility index (Phi) is 4.53. The first-order valence-electron chi connectivity index (χ1n) is 7.05. The van der Waals surface area contributed by atoms with E-state index in [1.165, 1.54) is 5.56 Å². The lowest BCUT2D eigenvalue weighted by Crippen LogP contribution is -2.10. The summed E-state index contributed by atoms with van der Waals surface area (Å²) in [7, 11) is 0. The molecule has 0 saturated carbocycles. The summed E-state index contributed by atoms with van der Waals surface area (Å²) in [6, 6.07) is 6.26. The van der Waals surface area contributed by atoms with E-state index in [1.807, 2.05) is 0 Å². The number of nitrogens with zero attached hydrogens (tertiary/aromatic N) is 2. The number of hydrogen-bond acceptors (Lipinski definition) is 2. The first kappa shape index (κ1) is 15.1. The number of nitrogens with two attached hydrogens (primary N) is 1. The van der Waals surface area contributed by atoms with Crippen LogP contribution in [0.4, 0.5) is 5.82 Å². The monoisotopic (exact) mass is 335 g/mol. The Hall–Kier alpha value is -1.29. The zero-order valence-electron chi connectivity index (χ0n) is 12.6. The number of nitrogen functional groups attached to an aromatic ring is 1. The van der Waals surface area contributed by atoms with Crippen LogP contribution in [0.25, 0.3) is 11.3 Å². The largest absolute Gasteiger partial charge is 0.383 e. The van der Waals surface area contributed by atoms with Gasteiger partial charge in [0.2, 0.25) is 0 Å². The Bertz CT molecular complexity index is 614. The molecule has 3 nitrogen and oxygen atoms in total. The van der Waals surface area contributed by atoms with Crippen LogP contribution in [0.2, 0.25) is 0 Å². The summed E-state index contributed by atoms with van der Waals surface area (Å²) < 4.78 is 3.24. The molecule has 0 aliphatic carbocycles. The van der Waals surface area contributed by atoms with E-state index in [9.17, 15) is 0 Å². The molecule has 0 saturated heterocycles. The molecule has 0 unspecified atom stereocenters. The molecule has 108 valence electrons. The van der Waals surface area contributed by atoms with E-state index in [0.29, 0.717) is 5.92 Å². The van der Waals surface area contributed by atoms with E-state index < -0.39 is 0 Å². The number of rotatable bonds is 4. The van der Waals surface area contributed by atoms with Crippen molar-refractivity contribution >= 4 is 21.7 Å². The van der Waals surface area contributed by atoms with Gasteiger partial charge < -0.3 is 10.3 Å². The molecule has 2 aromatic rings.